The first kappa shape index (κ1) is 6.82. The van der Waals surface area contributed by atoms with Crippen molar-refractivity contribution in [2.45, 2.75) is 0 Å². The summed E-state index contributed by atoms with van der Waals surface area (Å²) in [6.07, 6.45) is 0.811. The molecular formula is C7H4O2S2. The minimum atomic E-state index is 0.273. The van der Waals surface area contributed by atoms with Gasteiger partial charge in [0.25, 0.3) is 0 Å². The summed E-state index contributed by atoms with van der Waals surface area (Å²) in [7, 11) is 0. The van der Waals surface area contributed by atoms with Crippen LogP contribution in [0.5, 0.6) is 5.06 Å². The molecule has 0 unspecified atom stereocenters. The smallest absolute Gasteiger partial charge is 0.173 e. The third kappa shape index (κ3) is 0.948. The highest BCUT2D eigenvalue weighted by Gasteiger charge is 2.06. The molecule has 0 radical (unpaired) electrons. The molecule has 0 aliphatic rings. The van der Waals surface area contributed by atoms with Crippen LogP contribution in [0.15, 0.2) is 11.4 Å². The zero-order valence-corrected chi connectivity index (χ0v) is 7.04. The molecule has 0 saturated heterocycles. The second-order valence-corrected chi connectivity index (χ2v) is 4.26. The van der Waals surface area contributed by atoms with E-state index in [9.17, 15) is 4.79 Å². The summed E-state index contributed by atoms with van der Waals surface area (Å²) in [4.78, 5) is 10.4. The van der Waals surface area contributed by atoms with Crippen molar-refractivity contribution in [3.05, 3.63) is 17.0 Å². The monoisotopic (exact) mass is 184 g/mol. The lowest BCUT2D eigenvalue weighted by Gasteiger charge is -1.76. The van der Waals surface area contributed by atoms with E-state index < -0.39 is 0 Å². The van der Waals surface area contributed by atoms with E-state index in [-0.39, 0.29) is 5.06 Å². The highest BCUT2D eigenvalue weighted by atomic mass is 32.2. The summed E-state index contributed by atoms with van der Waals surface area (Å²) in [6.45, 7) is 0. The number of hydrogen-bond donors (Lipinski definition) is 1. The summed E-state index contributed by atoms with van der Waals surface area (Å²) in [6, 6.07) is 1.63. The number of carbonyl (C=O) groups excluding carboxylic acids is 1. The van der Waals surface area contributed by atoms with Gasteiger partial charge in [0.05, 0.1) is 4.01 Å². The molecule has 2 heterocycles. The molecule has 0 saturated carbocycles. The topological polar surface area (TPSA) is 37.3 Å². The van der Waals surface area contributed by atoms with Crippen molar-refractivity contribution in [1.82, 2.24) is 0 Å². The van der Waals surface area contributed by atoms with Gasteiger partial charge in [0.15, 0.2) is 11.3 Å². The molecule has 56 valence electrons. The van der Waals surface area contributed by atoms with Gasteiger partial charge in [0, 0.05) is 22.4 Å². The van der Waals surface area contributed by atoms with Crippen LogP contribution in [-0.4, -0.2) is 11.4 Å². The third-order valence-corrected chi connectivity index (χ3v) is 3.49. The SMILES string of the molecule is O=Cc1csc2sc(O)cc12. The van der Waals surface area contributed by atoms with E-state index in [0.717, 1.165) is 15.7 Å². The highest BCUT2D eigenvalue weighted by molar-refractivity contribution is 7.38. The largest absolute Gasteiger partial charge is 0.499 e. The molecule has 0 atom stereocenters. The first-order valence-electron chi connectivity index (χ1n) is 2.96. The van der Waals surface area contributed by atoms with Gasteiger partial charge in [-0.25, -0.2) is 0 Å². The minimum Gasteiger partial charge on any atom is -0.499 e. The predicted molar refractivity (Wildman–Crippen MR) is 46.8 cm³/mol. The second-order valence-electron chi connectivity index (χ2n) is 2.09. The highest BCUT2D eigenvalue weighted by Crippen LogP contribution is 2.36. The Bertz CT molecular complexity index is 399. The Morgan fingerprint density at radius 3 is 3.09 bits per heavy atom. The Balaban J connectivity index is 2.83. The van der Waals surface area contributed by atoms with E-state index in [1.165, 1.54) is 22.7 Å². The van der Waals surface area contributed by atoms with E-state index in [1.54, 1.807) is 11.4 Å². The maximum atomic E-state index is 10.4. The molecule has 2 aromatic rings. The van der Waals surface area contributed by atoms with Gasteiger partial charge >= 0.3 is 0 Å². The van der Waals surface area contributed by atoms with Crippen LogP contribution in [0.4, 0.5) is 0 Å². The Labute approximate surface area is 70.7 Å². The fraction of sp³-hybridized carbons (Fsp3) is 0. The minimum absolute atomic E-state index is 0.273. The van der Waals surface area contributed by atoms with Crippen molar-refractivity contribution in [2.24, 2.45) is 0 Å². The van der Waals surface area contributed by atoms with E-state index in [0.29, 0.717) is 5.56 Å². The zero-order chi connectivity index (χ0) is 7.84. The van der Waals surface area contributed by atoms with Gasteiger partial charge < -0.3 is 5.11 Å². The van der Waals surface area contributed by atoms with Gasteiger partial charge in [-0.3, -0.25) is 4.79 Å². The fourth-order valence-corrected chi connectivity index (χ4v) is 2.89. The van der Waals surface area contributed by atoms with Crippen molar-refractivity contribution in [3.8, 4) is 5.06 Å². The average Bonchev–Trinajstić information content (AvgIpc) is 2.45. The van der Waals surface area contributed by atoms with Crippen molar-refractivity contribution in [1.29, 1.82) is 0 Å². The van der Waals surface area contributed by atoms with Crippen LogP contribution in [0.2, 0.25) is 0 Å². The van der Waals surface area contributed by atoms with Gasteiger partial charge in [-0.2, -0.15) is 0 Å². The van der Waals surface area contributed by atoms with Gasteiger partial charge in [0.1, 0.15) is 0 Å². The van der Waals surface area contributed by atoms with Crippen LogP contribution in [0.3, 0.4) is 0 Å². The van der Waals surface area contributed by atoms with E-state index in [2.05, 4.69) is 0 Å². The molecule has 4 heteroatoms. The maximum absolute atomic E-state index is 10.4. The quantitative estimate of drug-likeness (QED) is 0.691. The molecule has 0 bridgehead atoms. The van der Waals surface area contributed by atoms with Crippen molar-refractivity contribution < 1.29 is 9.90 Å². The van der Waals surface area contributed by atoms with Crippen LogP contribution >= 0.6 is 22.7 Å². The molecule has 2 aromatic heterocycles. The Hall–Kier alpha value is -0.870. The molecule has 0 aliphatic carbocycles. The molecule has 0 fully saturated rings. The van der Waals surface area contributed by atoms with Crippen LogP contribution in [-0.2, 0) is 0 Å². The molecule has 0 spiro atoms. The van der Waals surface area contributed by atoms with Gasteiger partial charge in [-0.1, -0.05) is 11.3 Å². The van der Waals surface area contributed by atoms with Gasteiger partial charge in [-0.05, 0) is 0 Å². The number of rotatable bonds is 1. The van der Waals surface area contributed by atoms with Crippen molar-refractivity contribution >= 4 is 38.4 Å². The molecular weight excluding hydrogens is 180 g/mol. The maximum Gasteiger partial charge on any atom is 0.173 e. The number of carbonyl (C=O) groups is 1. The number of thiophene rings is 2. The summed E-state index contributed by atoms with van der Waals surface area (Å²) in [5.41, 5.74) is 0.668. The van der Waals surface area contributed by atoms with Crippen LogP contribution in [0.1, 0.15) is 10.4 Å². The van der Waals surface area contributed by atoms with Crippen LogP contribution in [0.25, 0.3) is 9.40 Å². The fourth-order valence-electron chi connectivity index (χ4n) is 0.922. The van der Waals surface area contributed by atoms with Crippen LogP contribution in [0, 0.1) is 0 Å². The third-order valence-electron chi connectivity index (χ3n) is 1.42. The summed E-state index contributed by atoms with van der Waals surface area (Å²) in [5, 5.41) is 12.0. The molecule has 0 aromatic carbocycles. The molecule has 0 aliphatic heterocycles. The average molecular weight is 184 g/mol. The lowest BCUT2D eigenvalue weighted by Crippen LogP contribution is -1.69. The van der Waals surface area contributed by atoms with Gasteiger partial charge in [0.2, 0.25) is 0 Å². The number of fused-ring (bicyclic) bond motifs is 1. The lowest BCUT2D eigenvalue weighted by molar-refractivity contribution is 0.112. The molecule has 11 heavy (non-hydrogen) atoms. The standard InChI is InChI=1S/C7H4O2S2/c8-2-4-3-10-7-5(4)1-6(9)11-7/h1-3,9H. The van der Waals surface area contributed by atoms with E-state index >= 15 is 0 Å². The van der Waals surface area contributed by atoms with Crippen LogP contribution < -0.4 is 0 Å². The van der Waals surface area contributed by atoms with E-state index in [4.69, 9.17) is 5.11 Å². The molecule has 0 amide bonds. The summed E-state index contributed by atoms with van der Waals surface area (Å²) in [5.74, 6) is 0. The predicted octanol–water partition coefficient (Wildman–Crippen LogP) is 2.48. The summed E-state index contributed by atoms with van der Waals surface area (Å²) >= 11 is 2.79. The lowest BCUT2D eigenvalue weighted by atomic mass is 10.3. The Morgan fingerprint density at radius 1 is 1.55 bits per heavy atom. The molecule has 1 N–H and O–H groups in total. The van der Waals surface area contributed by atoms with Crippen molar-refractivity contribution in [2.75, 3.05) is 0 Å². The first-order chi connectivity index (χ1) is 5.31. The Kier molecular flexibility index (Phi) is 1.44. The zero-order valence-electron chi connectivity index (χ0n) is 5.40. The van der Waals surface area contributed by atoms with Gasteiger partial charge in [-0.15, -0.1) is 11.3 Å². The number of aromatic hydroxyl groups is 1. The van der Waals surface area contributed by atoms with E-state index in [1.807, 2.05) is 0 Å². The number of aldehydes is 1. The normalized spacial score (nSPS) is 10.5. The van der Waals surface area contributed by atoms with Crippen molar-refractivity contribution in [3.63, 3.8) is 0 Å². The second kappa shape index (κ2) is 2.32. The summed E-state index contributed by atoms with van der Waals surface area (Å²) < 4.78 is 1.00. The molecule has 2 nitrogen and oxygen atoms in total. The first-order valence-corrected chi connectivity index (χ1v) is 4.66. The molecule has 2 rings (SSSR count). The number of hydrogen-bond acceptors (Lipinski definition) is 4. The Morgan fingerprint density at radius 2 is 2.36 bits per heavy atom.